The van der Waals surface area contributed by atoms with Crippen LogP contribution in [0.15, 0.2) is 29.3 Å². The van der Waals surface area contributed by atoms with Crippen molar-refractivity contribution in [2.24, 2.45) is 5.41 Å². The minimum absolute atomic E-state index is 0.0813. The molecule has 1 atom stereocenters. The molecule has 1 aromatic carbocycles. The summed E-state index contributed by atoms with van der Waals surface area (Å²) >= 11 is 9.58. The monoisotopic (exact) mass is 314 g/mol. The van der Waals surface area contributed by atoms with Crippen molar-refractivity contribution in [1.82, 2.24) is 0 Å². The highest BCUT2D eigenvalue weighted by molar-refractivity contribution is 9.10. The second-order valence-electron chi connectivity index (χ2n) is 4.82. The van der Waals surface area contributed by atoms with Crippen molar-refractivity contribution in [2.45, 2.75) is 19.8 Å². The molecule has 0 bridgehead atoms. The average Bonchev–Trinajstić information content (AvgIpc) is 2.77. The Morgan fingerprint density at radius 2 is 2.35 bits per heavy atom. The molecule has 92 valence electrons. The minimum atomic E-state index is -0.0813. The zero-order valence-corrected chi connectivity index (χ0v) is 12.3. The number of benzene rings is 1. The molecule has 1 unspecified atom stereocenters. The van der Waals surface area contributed by atoms with Crippen LogP contribution < -0.4 is 4.74 Å². The summed E-state index contributed by atoms with van der Waals surface area (Å²) in [4.78, 5) is 0. The highest BCUT2D eigenvalue weighted by Crippen LogP contribution is 2.37. The molecule has 2 rings (SSSR count). The van der Waals surface area contributed by atoms with Crippen LogP contribution in [0.5, 0.6) is 5.75 Å². The normalized spacial score (nSPS) is 17.1. The van der Waals surface area contributed by atoms with Crippen LogP contribution in [0.25, 0.3) is 0 Å². The van der Waals surface area contributed by atoms with Crippen LogP contribution in [0.3, 0.4) is 0 Å². The van der Waals surface area contributed by atoms with E-state index >= 15 is 0 Å². The van der Waals surface area contributed by atoms with Crippen molar-refractivity contribution >= 4 is 27.5 Å². The molecule has 0 aliphatic carbocycles. The summed E-state index contributed by atoms with van der Waals surface area (Å²) in [6.07, 6.45) is 3.79. The number of ether oxygens (including phenoxy) is 1. The third-order valence-electron chi connectivity index (χ3n) is 3.22. The first-order chi connectivity index (χ1) is 8.08. The van der Waals surface area contributed by atoms with Crippen LogP contribution in [-0.2, 0) is 12.8 Å². The van der Waals surface area contributed by atoms with Gasteiger partial charge in [-0.1, -0.05) is 28.9 Å². The molecular formula is C14H16BrClO. The van der Waals surface area contributed by atoms with Crippen LogP contribution in [0.1, 0.15) is 18.1 Å². The van der Waals surface area contributed by atoms with Gasteiger partial charge in [0.25, 0.3) is 0 Å². The van der Waals surface area contributed by atoms with E-state index in [0.29, 0.717) is 5.88 Å². The standard InChI is InChI=1S/C14H16BrClO/c1-3-14(2,9-16)8-11-7-12(15)6-10-4-5-17-13(10)11/h3,6-7H,1,4-5,8-9H2,2H3. The second kappa shape index (κ2) is 5.03. The number of halogens is 2. The van der Waals surface area contributed by atoms with Gasteiger partial charge in [-0.3, -0.25) is 0 Å². The molecule has 1 nitrogen and oxygen atoms in total. The molecule has 0 amide bonds. The second-order valence-corrected chi connectivity index (χ2v) is 6.00. The molecule has 0 spiro atoms. The van der Waals surface area contributed by atoms with Crippen LogP contribution in [0.4, 0.5) is 0 Å². The summed E-state index contributed by atoms with van der Waals surface area (Å²) in [5, 5.41) is 0. The minimum Gasteiger partial charge on any atom is -0.493 e. The first kappa shape index (κ1) is 13.0. The van der Waals surface area contributed by atoms with Crippen molar-refractivity contribution in [3.63, 3.8) is 0 Å². The Morgan fingerprint density at radius 1 is 1.59 bits per heavy atom. The van der Waals surface area contributed by atoms with Crippen LogP contribution in [-0.4, -0.2) is 12.5 Å². The SMILES string of the molecule is C=CC(C)(CCl)Cc1cc(Br)cc2c1OCC2. The Labute approximate surface area is 116 Å². The molecular weight excluding hydrogens is 300 g/mol. The number of allylic oxidation sites excluding steroid dienone is 1. The number of hydrogen-bond donors (Lipinski definition) is 0. The van der Waals surface area contributed by atoms with Crippen molar-refractivity contribution in [3.05, 3.63) is 40.4 Å². The van der Waals surface area contributed by atoms with E-state index in [-0.39, 0.29) is 5.41 Å². The van der Waals surface area contributed by atoms with Gasteiger partial charge in [-0.2, -0.15) is 0 Å². The Bertz CT molecular complexity index is 444. The lowest BCUT2D eigenvalue weighted by Gasteiger charge is -2.24. The number of rotatable bonds is 4. The van der Waals surface area contributed by atoms with E-state index < -0.39 is 0 Å². The fourth-order valence-electron chi connectivity index (χ4n) is 2.09. The molecule has 1 aromatic rings. The zero-order valence-electron chi connectivity index (χ0n) is 9.93. The van der Waals surface area contributed by atoms with E-state index in [9.17, 15) is 0 Å². The van der Waals surface area contributed by atoms with Gasteiger partial charge in [0.05, 0.1) is 6.61 Å². The molecule has 1 aliphatic heterocycles. The molecule has 0 saturated heterocycles. The van der Waals surface area contributed by atoms with E-state index in [0.717, 1.165) is 29.7 Å². The van der Waals surface area contributed by atoms with Gasteiger partial charge < -0.3 is 4.74 Å². The Kier molecular flexibility index (Phi) is 3.84. The van der Waals surface area contributed by atoms with E-state index in [1.54, 1.807) is 0 Å². The summed E-state index contributed by atoms with van der Waals surface area (Å²) in [7, 11) is 0. The largest absolute Gasteiger partial charge is 0.493 e. The molecule has 1 aliphatic rings. The van der Waals surface area contributed by atoms with Gasteiger partial charge >= 0.3 is 0 Å². The smallest absolute Gasteiger partial charge is 0.125 e. The van der Waals surface area contributed by atoms with Crippen LogP contribution in [0.2, 0.25) is 0 Å². The van der Waals surface area contributed by atoms with Gasteiger partial charge in [-0.05, 0) is 29.7 Å². The lowest BCUT2D eigenvalue weighted by Crippen LogP contribution is -2.18. The van der Waals surface area contributed by atoms with Crippen molar-refractivity contribution in [3.8, 4) is 5.75 Å². The zero-order chi connectivity index (χ0) is 12.5. The van der Waals surface area contributed by atoms with Crippen LogP contribution >= 0.6 is 27.5 Å². The molecule has 0 fully saturated rings. The van der Waals surface area contributed by atoms with E-state index in [2.05, 4.69) is 41.6 Å². The fraction of sp³-hybridized carbons (Fsp3) is 0.429. The van der Waals surface area contributed by atoms with Gasteiger partial charge in [0.2, 0.25) is 0 Å². The molecule has 0 radical (unpaired) electrons. The predicted molar refractivity (Wildman–Crippen MR) is 76.1 cm³/mol. The van der Waals surface area contributed by atoms with Crippen molar-refractivity contribution in [2.75, 3.05) is 12.5 Å². The summed E-state index contributed by atoms with van der Waals surface area (Å²) in [6.45, 7) is 6.78. The molecule has 0 saturated carbocycles. The topological polar surface area (TPSA) is 9.23 Å². The molecule has 0 N–H and O–H groups in total. The van der Waals surface area contributed by atoms with Crippen molar-refractivity contribution < 1.29 is 4.74 Å². The molecule has 17 heavy (non-hydrogen) atoms. The Balaban J connectivity index is 2.36. The number of fused-ring (bicyclic) bond motifs is 1. The Morgan fingerprint density at radius 3 is 3.00 bits per heavy atom. The highest BCUT2D eigenvalue weighted by Gasteiger charge is 2.25. The van der Waals surface area contributed by atoms with E-state index in [1.807, 2.05) is 6.08 Å². The maximum atomic E-state index is 6.03. The third-order valence-corrected chi connectivity index (χ3v) is 4.29. The quantitative estimate of drug-likeness (QED) is 0.592. The van der Waals surface area contributed by atoms with Gasteiger partial charge in [-0.15, -0.1) is 18.2 Å². The lowest BCUT2D eigenvalue weighted by atomic mass is 9.85. The maximum Gasteiger partial charge on any atom is 0.125 e. The summed E-state index contributed by atoms with van der Waals surface area (Å²) in [5.41, 5.74) is 2.42. The number of alkyl halides is 1. The lowest BCUT2D eigenvalue weighted by molar-refractivity contribution is 0.348. The predicted octanol–water partition coefficient (Wildman–Crippen LogP) is 4.36. The molecule has 3 heteroatoms. The van der Waals surface area contributed by atoms with Gasteiger partial charge in [0, 0.05) is 22.2 Å². The summed E-state index contributed by atoms with van der Waals surface area (Å²) in [5.74, 6) is 1.61. The Hall–Kier alpha value is -0.470. The fourth-order valence-corrected chi connectivity index (χ4v) is 2.84. The van der Waals surface area contributed by atoms with E-state index in [4.69, 9.17) is 16.3 Å². The van der Waals surface area contributed by atoms with Gasteiger partial charge in [0.1, 0.15) is 5.75 Å². The number of hydrogen-bond acceptors (Lipinski definition) is 1. The van der Waals surface area contributed by atoms with Crippen LogP contribution in [0, 0.1) is 5.41 Å². The van der Waals surface area contributed by atoms with Crippen molar-refractivity contribution in [1.29, 1.82) is 0 Å². The summed E-state index contributed by atoms with van der Waals surface area (Å²) < 4.78 is 6.83. The van der Waals surface area contributed by atoms with Gasteiger partial charge in [0.15, 0.2) is 0 Å². The maximum absolute atomic E-state index is 6.03. The average molecular weight is 316 g/mol. The summed E-state index contributed by atoms with van der Waals surface area (Å²) in [6, 6.07) is 4.26. The van der Waals surface area contributed by atoms with Gasteiger partial charge in [-0.25, -0.2) is 0 Å². The van der Waals surface area contributed by atoms with E-state index in [1.165, 1.54) is 11.1 Å². The molecule has 1 heterocycles. The third kappa shape index (κ3) is 2.69. The first-order valence-electron chi connectivity index (χ1n) is 5.71. The first-order valence-corrected chi connectivity index (χ1v) is 7.04. The highest BCUT2D eigenvalue weighted by atomic mass is 79.9. The molecule has 0 aromatic heterocycles.